The van der Waals surface area contributed by atoms with Crippen molar-refractivity contribution in [3.63, 3.8) is 0 Å². The van der Waals surface area contributed by atoms with Crippen LogP contribution in [0.5, 0.6) is 0 Å². The first-order valence-electron chi connectivity index (χ1n) is 6.50. The summed E-state index contributed by atoms with van der Waals surface area (Å²) >= 11 is 1.42. The normalized spacial score (nSPS) is 11.0. The lowest BCUT2D eigenvalue weighted by atomic mass is 10.2. The number of carbonyl (C=O) groups is 1. The zero-order valence-corrected chi connectivity index (χ0v) is 12.5. The lowest BCUT2D eigenvalue weighted by Gasteiger charge is -2.03. The Hall–Kier alpha value is -2.21. The van der Waals surface area contributed by atoms with Crippen molar-refractivity contribution in [2.45, 2.75) is 13.5 Å². The molecule has 108 valence electrons. The van der Waals surface area contributed by atoms with Crippen molar-refractivity contribution < 1.29 is 9.18 Å². The molecule has 0 unspecified atom stereocenters. The van der Waals surface area contributed by atoms with Gasteiger partial charge in [0.1, 0.15) is 10.6 Å². The number of hydrogen-bond donors (Lipinski definition) is 1. The number of halogens is 1. The summed E-state index contributed by atoms with van der Waals surface area (Å²) in [7, 11) is 1.87. The maximum absolute atomic E-state index is 12.8. The molecule has 0 aliphatic rings. The molecule has 0 atom stereocenters. The van der Waals surface area contributed by atoms with E-state index < -0.39 is 0 Å². The minimum absolute atomic E-state index is 0.125. The van der Waals surface area contributed by atoms with Crippen molar-refractivity contribution in [3.05, 3.63) is 52.3 Å². The Morgan fingerprint density at radius 1 is 1.38 bits per heavy atom. The molecule has 0 aliphatic heterocycles. The highest BCUT2D eigenvalue weighted by atomic mass is 32.1. The Balaban J connectivity index is 1.74. The monoisotopic (exact) mass is 303 g/mol. The number of rotatable bonds is 3. The van der Waals surface area contributed by atoms with Crippen LogP contribution in [0.25, 0.3) is 10.2 Å². The first kappa shape index (κ1) is 13.8. The van der Waals surface area contributed by atoms with E-state index in [2.05, 4.69) is 10.4 Å². The van der Waals surface area contributed by atoms with Crippen LogP contribution < -0.4 is 5.32 Å². The average molecular weight is 303 g/mol. The number of nitrogens with one attached hydrogen (secondary N) is 1. The SMILES string of the molecule is Cc1nn(C)c2sc(C(=O)NCc3ccc(F)cc3)cc12. The van der Waals surface area contributed by atoms with Gasteiger partial charge in [-0.2, -0.15) is 5.10 Å². The van der Waals surface area contributed by atoms with Gasteiger partial charge in [0, 0.05) is 19.0 Å². The Bertz CT molecular complexity index is 770. The molecule has 0 radical (unpaired) electrons. The molecule has 2 heterocycles. The zero-order valence-electron chi connectivity index (χ0n) is 11.7. The molecular formula is C15H14FN3OS. The van der Waals surface area contributed by atoms with Crippen LogP contribution in [0.15, 0.2) is 30.3 Å². The number of aryl methyl sites for hydroxylation is 2. The molecule has 0 saturated carbocycles. The first-order chi connectivity index (χ1) is 10.0. The number of aromatic nitrogens is 2. The van der Waals surface area contributed by atoms with E-state index in [4.69, 9.17) is 0 Å². The van der Waals surface area contributed by atoms with E-state index in [-0.39, 0.29) is 11.7 Å². The van der Waals surface area contributed by atoms with Crippen LogP contribution >= 0.6 is 11.3 Å². The third-order valence-electron chi connectivity index (χ3n) is 3.29. The van der Waals surface area contributed by atoms with Crippen LogP contribution in [0.3, 0.4) is 0 Å². The Labute approximate surface area is 125 Å². The summed E-state index contributed by atoms with van der Waals surface area (Å²) in [6.45, 7) is 2.31. The van der Waals surface area contributed by atoms with Crippen LogP contribution in [0.1, 0.15) is 20.9 Å². The lowest BCUT2D eigenvalue weighted by Crippen LogP contribution is -2.21. The summed E-state index contributed by atoms with van der Waals surface area (Å²) < 4.78 is 14.6. The van der Waals surface area contributed by atoms with Gasteiger partial charge in [-0.15, -0.1) is 11.3 Å². The van der Waals surface area contributed by atoms with Gasteiger partial charge in [-0.25, -0.2) is 4.39 Å². The van der Waals surface area contributed by atoms with Gasteiger partial charge >= 0.3 is 0 Å². The second kappa shape index (κ2) is 5.29. The largest absolute Gasteiger partial charge is 0.347 e. The fourth-order valence-electron chi connectivity index (χ4n) is 2.19. The smallest absolute Gasteiger partial charge is 0.261 e. The minimum Gasteiger partial charge on any atom is -0.347 e. The molecule has 6 heteroatoms. The summed E-state index contributed by atoms with van der Waals surface area (Å²) in [5.74, 6) is -0.405. The third kappa shape index (κ3) is 2.67. The number of thiophene rings is 1. The van der Waals surface area contributed by atoms with Crippen LogP contribution in [0.2, 0.25) is 0 Å². The summed E-state index contributed by atoms with van der Waals surface area (Å²) in [5, 5.41) is 8.16. The van der Waals surface area contributed by atoms with Gasteiger partial charge < -0.3 is 5.32 Å². The minimum atomic E-state index is -0.280. The average Bonchev–Trinajstić information content (AvgIpc) is 3.01. The number of amides is 1. The van der Waals surface area contributed by atoms with E-state index in [9.17, 15) is 9.18 Å². The van der Waals surface area contributed by atoms with Crippen LogP contribution in [0, 0.1) is 12.7 Å². The molecular weight excluding hydrogens is 289 g/mol. The maximum Gasteiger partial charge on any atom is 0.261 e. The summed E-state index contributed by atoms with van der Waals surface area (Å²) in [6.07, 6.45) is 0. The molecule has 21 heavy (non-hydrogen) atoms. The molecule has 0 fully saturated rings. The summed E-state index contributed by atoms with van der Waals surface area (Å²) in [5.41, 5.74) is 1.78. The Morgan fingerprint density at radius 3 is 2.76 bits per heavy atom. The number of benzene rings is 1. The highest BCUT2D eigenvalue weighted by Crippen LogP contribution is 2.27. The van der Waals surface area contributed by atoms with E-state index in [1.54, 1.807) is 16.8 Å². The molecule has 0 bridgehead atoms. The molecule has 4 nitrogen and oxygen atoms in total. The van der Waals surface area contributed by atoms with Crippen molar-refractivity contribution in [2.24, 2.45) is 7.05 Å². The van der Waals surface area contributed by atoms with Crippen LogP contribution in [-0.4, -0.2) is 15.7 Å². The lowest BCUT2D eigenvalue weighted by molar-refractivity contribution is 0.0955. The van der Waals surface area contributed by atoms with Gasteiger partial charge in [0.25, 0.3) is 5.91 Å². The highest BCUT2D eigenvalue weighted by Gasteiger charge is 2.14. The van der Waals surface area contributed by atoms with Crippen molar-refractivity contribution in [3.8, 4) is 0 Å². The molecule has 1 amide bonds. The predicted octanol–water partition coefficient (Wildman–Crippen LogP) is 3.01. The number of carbonyl (C=O) groups excluding carboxylic acids is 1. The number of hydrogen-bond acceptors (Lipinski definition) is 3. The molecule has 1 N–H and O–H groups in total. The topological polar surface area (TPSA) is 46.9 Å². The Morgan fingerprint density at radius 2 is 2.10 bits per heavy atom. The van der Waals surface area contributed by atoms with E-state index >= 15 is 0 Å². The highest BCUT2D eigenvalue weighted by molar-refractivity contribution is 7.20. The molecule has 0 aliphatic carbocycles. The molecule has 3 aromatic rings. The fourth-order valence-corrected chi connectivity index (χ4v) is 3.23. The Kier molecular flexibility index (Phi) is 3.47. The maximum atomic E-state index is 12.8. The van der Waals surface area contributed by atoms with Gasteiger partial charge in [-0.3, -0.25) is 9.48 Å². The summed E-state index contributed by atoms with van der Waals surface area (Å²) in [4.78, 5) is 13.8. The zero-order chi connectivity index (χ0) is 15.0. The van der Waals surface area contributed by atoms with E-state index in [0.717, 1.165) is 21.5 Å². The quantitative estimate of drug-likeness (QED) is 0.808. The first-order valence-corrected chi connectivity index (χ1v) is 7.32. The van der Waals surface area contributed by atoms with Gasteiger partial charge in [-0.1, -0.05) is 12.1 Å². The third-order valence-corrected chi connectivity index (χ3v) is 4.49. The van der Waals surface area contributed by atoms with Gasteiger partial charge in [0.15, 0.2) is 0 Å². The predicted molar refractivity (Wildman–Crippen MR) is 80.9 cm³/mol. The van der Waals surface area contributed by atoms with E-state index in [1.165, 1.54) is 23.5 Å². The molecule has 2 aromatic heterocycles. The van der Waals surface area contributed by atoms with Crippen molar-refractivity contribution >= 4 is 27.5 Å². The van der Waals surface area contributed by atoms with E-state index in [0.29, 0.717) is 11.4 Å². The molecule has 3 rings (SSSR count). The van der Waals surface area contributed by atoms with Gasteiger partial charge in [0.05, 0.1) is 10.6 Å². The molecule has 1 aromatic carbocycles. The number of nitrogens with zero attached hydrogens (tertiary/aromatic N) is 2. The fraction of sp³-hybridized carbons (Fsp3) is 0.200. The molecule has 0 saturated heterocycles. The second-order valence-corrected chi connectivity index (χ2v) is 5.88. The van der Waals surface area contributed by atoms with E-state index in [1.807, 2.05) is 20.0 Å². The van der Waals surface area contributed by atoms with Crippen LogP contribution in [-0.2, 0) is 13.6 Å². The van der Waals surface area contributed by atoms with Crippen LogP contribution in [0.4, 0.5) is 4.39 Å². The van der Waals surface area contributed by atoms with Crippen molar-refractivity contribution in [1.82, 2.24) is 15.1 Å². The second-order valence-electron chi connectivity index (χ2n) is 4.85. The number of fused-ring (bicyclic) bond motifs is 1. The molecule has 0 spiro atoms. The van der Waals surface area contributed by atoms with Gasteiger partial charge in [0.2, 0.25) is 0 Å². The standard InChI is InChI=1S/C15H14FN3OS/c1-9-12-7-13(21-15(12)19(2)18-9)14(20)17-8-10-3-5-11(16)6-4-10/h3-7H,8H2,1-2H3,(H,17,20). The summed E-state index contributed by atoms with van der Waals surface area (Å²) in [6, 6.07) is 7.96. The van der Waals surface area contributed by atoms with Crippen molar-refractivity contribution in [2.75, 3.05) is 0 Å². The van der Waals surface area contributed by atoms with Gasteiger partial charge in [-0.05, 0) is 30.7 Å². The van der Waals surface area contributed by atoms with Crippen molar-refractivity contribution in [1.29, 1.82) is 0 Å².